The van der Waals surface area contributed by atoms with E-state index < -0.39 is 0 Å². The second-order valence-electron chi connectivity index (χ2n) is 4.14. The van der Waals surface area contributed by atoms with E-state index in [1.54, 1.807) is 12.1 Å². The van der Waals surface area contributed by atoms with E-state index >= 15 is 0 Å². The fourth-order valence-electron chi connectivity index (χ4n) is 1.96. The van der Waals surface area contributed by atoms with Crippen LogP contribution in [0, 0.1) is 11.3 Å². The number of hydrogen-bond acceptors (Lipinski definition) is 4. The normalized spacial score (nSPS) is 18.4. The maximum Gasteiger partial charge on any atom is 0.149 e. The highest BCUT2D eigenvalue weighted by atomic mass is 16.5. The smallest absolute Gasteiger partial charge is 0.149 e. The van der Waals surface area contributed by atoms with Crippen molar-refractivity contribution in [2.75, 3.05) is 26.2 Å². The van der Waals surface area contributed by atoms with E-state index in [9.17, 15) is 0 Å². The molecule has 1 N–H and O–H groups in total. The van der Waals surface area contributed by atoms with E-state index in [-0.39, 0.29) is 6.23 Å². The molecule has 0 aromatic heterocycles. The molecule has 1 unspecified atom stereocenters. The molecule has 1 aromatic rings. The standard InChI is InChI=1S/C13H17N3O/c1-11(16-7-5-15-6-8-16)17-13-4-2-3-12(9-13)10-14/h2-4,9,11,15H,5-8H2,1H3. The quantitative estimate of drug-likeness (QED) is 0.849. The third kappa shape index (κ3) is 3.19. The average Bonchev–Trinajstić information content (AvgIpc) is 2.40. The molecule has 0 aliphatic carbocycles. The van der Waals surface area contributed by atoms with Crippen LogP contribution in [0.2, 0.25) is 0 Å². The van der Waals surface area contributed by atoms with Gasteiger partial charge >= 0.3 is 0 Å². The summed E-state index contributed by atoms with van der Waals surface area (Å²) in [7, 11) is 0. The molecule has 0 saturated carbocycles. The zero-order valence-electron chi connectivity index (χ0n) is 10.0. The van der Waals surface area contributed by atoms with Crippen molar-refractivity contribution in [3.05, 3.63) is 29.8 Å². The highest BCUT2D eigenvalue weighted by molar-refractivity contribution is 5.36. The van der Waals surface area contributed by atoms with Crippen LogP contribution in [0.15, 0.2) is 24.3 Å². The van der Waals surface area contributed by atoms with Crippen molar-refractivity contribution in [1.29, 1.82) is 5.26 Å². The predicted molar refractivity (Wildman–Crippen MR) is 65.7 cm³/mol. The van der Waals surface area contributed by atoms with Crippen LogP contribution in [0.25, 0.3) is 0 Å². The lowest BCUT2D eigenvalue weighted by atomic mass is 10.2. The Labute approximate surface area is 102 Å². The molecule has 2 rings (SSSR count). The van der Waals surface area contributed by atoms with Crippen molar-refractivity contribution >= 4 is 0 Å². The van der Waals surface area contributed by atoms with Crippen LogP contribution in [0.3, 0.4) is 0 Å². The van der Waals surface area contributed by atoms with Crippen molar-refractivity contribution in [1.82, 2.24) is 10.2 Å². The van der Waals surface area contributed by atoms with Crippen LogP contribution in [0.1, 0.15) is 12.5 Å². The van der Waals surface area contributed by atoms with E-state index in [1.807, 2.05) is 19.1 Å². The molecule has 1 saturated heterocycles. The van der Waals surface area contributed by atoms with E-state index in [0.717, 1.165) is 31.9 Å². The monoisotopic (exact) mass is 231 g/mol. The number of benzene rings is 1. The molecule has 1 aliphatic heterocycles. The van der Waals surface area contributed by atoms with Crippen molar-refractivity contribution in [3.63, 3.8) is 0 Å². The molecular weight excluding hydrogens is 214 g/mol. The lowest BCUT2D eigenvalue weighted by Gasteiger charge is -2.32. The second-order valence-corrected chi connectivity index (χ2v) is 4.14. The summed E-state index contributed by atoms with van der Waals surface area (Å²) in [6, 6.07) is 9.41. The van der Waals surface area contributed by atoms with Crippen molar-refractivity contribution in [2.24, 2.45) is 0 Å². The van der Waals surface area contributed by atoms with Crippen LogP contribution in [-0.2, 0) is 0 Å². The van der Waals surface area contributed by atoms with Gasteiger partial charge < -0.3 is 10.1 Å². The first kappa shape index (κ1) is 11.9. The molecule has 1 fully saturated rings. The summed E-state index contributed by atoms with van der Waals surface area (Å²) in [5, 5.41) is 12.1. The Kier molecular flexibility index (Phi) is 3.97. The van der Waals surface area contributed by atoms with Gasteiger partial charge in [0.25, 0.3) is 0 Å². The molecule has 0 bridgehead atoms. The Bertz CT molecular complexity index is 407. The topological polar surface area (TPSA) is 48.3 Å². The zero-order valence-corrected chi connectivity index (χ0v) is 10.0. The van der Waals surface area contributed by atoms with Gasteiger partial charge in [-0.1, -0.05) is 6.07 Å². The van der Waals surface area contributed by atoms with Crippen molar-refractivity contribution in [3.8, 4) is 11.8 Å². The summed E-state index contributed by atoms with van der Waals surface area (Å²) in [6.07, 6.45) is 0.0473. The van der Waals surface area contributed by atoms with Crippen LogP contribution >= 0.6 is 0 Å². The first-order valence-corrected chi connectivity index (χ1v) is 5.91. The second kappa shape index (κ2) is 5.67. The lowest BCUT2D eigenvalue weighted by Crippen LogP contribution is -2.49. The van der Waals surface area contributed by atoms with Gasteiger partial charge in [0, 0.05) is 26.2 Å². The van der Waals surface area contributed by atoms with Gasteiger partial charge in [-0.15, -0.1) is 0 Å². The molecule has 0 radical (unpaired) electrons. The van der Waals surface area contributed by atoms with Gasteiger partial charge in [0.1, 0.15) is 12.0 Å². The van der Waals surface area contributed by atoms with Gasteiger partial charge in [-0.25, -0.2) is 0 Å². The van der Waals surface area contributed by atoms with Crippen LogP contribution in [0.5, 0.6) is 5.75 Å². The molecular formula is C13H17N3O. The Morgan fingerprint density at radius 3 is 2.88 bits per heavy atom. The number of ether oxygens (including phenoxy) is 1. The zero-order chi connectivity index (χ0) is 12.1. The number of nitrogens with zero attached hydrogens (tertiary/aromatic N) is 2. The molecule has 1 heterocycles. The maximum atomic E-state index is 8.82. The van der Waals surface area contributed by atoms with Crippen molar-refractivity contribution < 1.29 is 4.74 Å². The third-order valence-electron chi connectivity index (χ3n) is 2.94. The van der Waals surface area contributed by atoms with Gasteiger partial charge in [0.2, 0.25) is 0 Å². The largest absolute Gasteiger partial charge is 0.475 e. The molecule has 4 heteroatoms. The number of piperazine rings is 1. The van der Waals surface area contributed by atoms with E-state index in [0.29, 0.717) is 5.56 Å². The maximum absolute atomic E-state index is 8.82. The van der Waals surface area contributed by atoms with Crippen molar-refractivity contribution in [2.45, 2.75) is 13.2 Å². The molecule has 1 atom stereocenters. The number of hydrogen-bond donors (Lipinski definition) is 1. The first-order chi connectivity index (χ1) is 8.29. The summed E-state index contributed by atoms with van der Waals surface area (Å²) in [5.74, 6) is 0.759. The Morgan fingerprint density at radius 1 is 1.41 bits per heavy atom. The highest BCUT2D eigenvalue weighted by Gasteiger charge is 2.17. The van der Waals surface area contributed by atoms with Crippen LogP contribution < -0.4 is 10.1 Å². The summed E-state index contributed by atoms with van der Waals surface area (Å²) in [4.78, 5) is 2.29. The molecule has 0 spiro atoms. The van der Waals surface area contributed by atoms with Gasteiger partial charge in [-0.2, -0.15) is 5.26 Å². The Balaban J connectivity index is 1.97. The Morgan fingerprint density at radius 2 is 2.18 bits per heavy atom. The van der Waals surface area contributed by atoms with E-state index in [1.165, 1.54) is 0 Å². The van der Waals surface area contributed by atoms with Crippen LogP contribution in [-0.4, -0.2) is 37.3 Å². The number of rotatable bonds is 3. The predicted octanol–water partition coefficient (Wildman–Crippen LogP) is 1.19. The van der Waals surface area contributed by atoms with Gasteiger partial charge in [0.05, 0.1) is 11.6 Å². The SMILES string of the molecule is CC(Oc1cccc(C#N)c1)N1CCNCC1. The fourth-order valence-corrected chi connectivity index (χ4v) is 1.96. The van der Waals surface area contributed by atoms with E-state index in [2.05, 4.69) is 16.3 Å². The first-order valence-electron chi connectivity index (χ1n) is 5.91. The minimum absolute atomic E-state index is 0.0473. The summed E-state index contributed by atoms with van der Waals surface area (Å²) in [6.45, 7) is 6.06. The minimum Gasteiger partial charge on any atom is -0.475 e. The van der Waals surface area contributed by atoms with Gasteiger partial charge in [0.15, 0.2) is 0 Å². The molecule has 90 valence electrons. The fraction of sp³-hybridized carbons (Fsp3) is 0.462. The summed E-state index contributed by atoms with van der Waals surface area (Å²) in [5.41, 5.74) is 0.634. The lowest BCUT2D eigenvalue weighted by molar-refractivity contribution is 0.0311. The van der Waals surface area contributed by atoms with Gasteiger partial charge in [-0.05, 0) is 25.1 Å². The molecule has 0 amide bonds. The van der Waals surface area contributed by atoms with E-state index in [4.69, 9.17) is 10.00 Å². The summed E-state index contributed by atoms with van der Waals surface area (Å²) < 4.78 is 5.84. The molecule has 1 aliphatic rings. The number of nitriles is 1. The highest BCUT2D eigenvalue weighted by Crippen LogP contribution is 2.15. The average molecular weight is 231 g/mol. The third-order valence-corrected chi connectivity index (χ3v) is 2.94. The Hall–Kier alpha value is -1.57. The van der Waals surface area contributed by atoms with Crippen LogP contribution in [0.4, 0.5) is 0 Å². The minimum atomic E-state index is 0.0473. The molecule has 1 aromatic carbocycles. The summed E-state index contributed by atoms with van der Waals surface area (Å²) >= 11 is 0. The molecule has 17 heavy (non-hydrogen) atoms. The van der Waals surface area contributed by atoms with Gasteiger partial charge in [-0.3, -0.25) is 4.90 Å². The number of nitrogens with one attached hydrogen (secondary N) is 1. The molecule has 4 nitrogen and oxygen atoms in total.